The molecule has 0 aliphatic carbocycles. The SMILES string of the molecule is O=CCC(c1ccccc1O)C(F)(F)F. The molecule has 0 aliphatic rings. The molecule has 15 heavy (non-hydrogen) atoms. The molecular weight excluding hydrogens is 209 g/mol. The lowest BCUT2D eigenvalue weighted by atomic mass is 9.95. The van der Waals surface area contributed by atoms with Gasteiger partial charge in [-0.3, -0.25) is 0 Å². The summed E-state index contributed by atoms with van der Waals surface area (Å²) in [6.07, 6.45) is -5.01. The topological polar surface area (TPSA) is 37.3 Å². The van der Waals surface area contributed by atoms with E-state index in [0.717, 1.165) is 6.07 Å². The number of alkyl halides is 3. The first kappa shape index (κ1) is 11.6. The van der Waals surface area contributed by atoms with Crippen LogP contribution in [0.25, 0.3) is 0 Å². The average molecular weight is 218 g/mol. The fraction of sp³-hybridized carbons (Fsp3) is 0.300. The van der Waals surface area contributed by atoms with Crippen LogP contribution in [-0.2, 0) is 4.79 Å². The van der Waals surface area contributed by atoms with Gasteiger partial charge in [0.2, 0.25) is 0 Å². The molecule has 0 spiro atoms. The Morgan fingerprint density at radius 2 is 1.93 bits per heavy atom. The van der Waals surface area contributed by atoms with Gasteiger partial charge >= 0.3 is 6.18 Å². The fourth-order valence-corrected chi connectivity index (χ4v) is 1.32. The normalized spacial score (nSPS) is 13.5. The van der Waals surface area contributed by atoms with Crippen molar-refractivity contribution >= 4 is 6.29 Å². The molecule has 1 aromatic rings. The Labute approximate surface area is 84.3 Å². The number of phenolic OH excluding ortho intramolecular Hbond substituents is 1. The molecule has 0 aliphatic heterocycles. The average Bonchev–Trinajstić information content (AvgIpc) is 2.14. The number of carbonyl (C=O) groups excluding carboxylic acids is 1. The van der Waals surface area contributed by atoms with Crippen molar-refractivity contribution < 1.29 is 23.1 Å². The van der Waals surface area contributed by atoms with E-state index in [1.54, 1.807) is 0 Å². The van der Waals surface area contributed by atoms with Gasteiger partial charge < -0.3 is 9.90 Å². The number of aromatic hydroxyl groups is 1. The summed E-state index contributed by atoms with van der Waals surface area (Å²) in [5.41, 5.74) is -0.267. The van der Waals surface area contributed by atoms with Gasteiger partial charge in [-0.1, -0.05) is 18.2 Å². The summed E-state index contributed by atoms with van der Waals surface area (Å²) in [5.74, 6) is -2.38. The van der Waals surface area contributed by atoms with Gasteiger partial charge in [-0.05, 0) is 6.07 Å². The maximum Gasteiger partial charge on any atom is 0.396 e. The van der Waals surface area contributed by atoms with Crippen molar-refractivity contribution in [2.24, 2.45) is 0 Å². The summed E-state index contributed by atoms with van der Waals surface area (Å²) in [6, 6.07) is 5.14. The summed E-state index contributed by atoms with van der Waals surface area (Å²) < 4.78 is 37.5. The zero-order chi connectivity index (χ0) is 11.5. The zero-order valence-electron chi connectivity index (χ0n) is 7.66. The lowest BCUT2D eigenvalue weighted by Gasteiger charge is -2.19. The molecule has 0 heterocycles. The highest BCUT2D eigenvalue weighted by molar-refractivity contribution is 5.53. The Bertz CT molecular complexity index is 347. The largest absolute Gasteiger partial charge is 0.508 e. The monoisotopic (exact) mass is 218 g/mol. The molecule has 0 saturated heterocycles. The number of aldehydes is 1. The Morgan fingerprint density at radius 3 is 2.40 bits per heavy atom. The molecule has 1 unspecified atom stereocenters. The number of hydrogen-bond acceptors (Lipinski definition) is 2. The molecular formula is C10H9F3O2. The van der Waals surface area contributed by atoms with E-state index in [2.05, 4.69) is 0 Å². The van der Waals surface area contributed by atoms with Gasteiger partial charge in [0.1, 0.15) is 12.0 Å². The van der Waals surface area contributed by atoms with Gasteiger partial charge in [0.05, 0.1) is 5.92 Å². The van der Waals surface area contributed by atoms with Gasteiger partial charge in [0.25, 0.3) is 0 Å². The third-order valence-corrected chi connectivity index (χ3v) is 2.04. The van der Waals surface area contributed by atoms with E-state index in [1.165, 1.54) is 18.2 Å². The van der Waals surface area contributed by atoms with Crippen LogP contribution in [0.3, 0.4) is 0 Å². The second-order valence-corrected chi connectivity index (χ2v) is 3.06. The standard InChI is InChI=1S/C10H9F3O2/c11-10(12,13)8(5-6-14)7-3-1-2-4-9(7)15/h1-4,6,8,15H,5H2. The van der Waals surface area contributed by atoms with Crippen LogP contribution in [0.4, 0.5) is 13.2 Å². The minimum atomic E-state index is -4.53. The van der Waals surface area contributed by atoms with Crippen LogP contribution in [0, 0.1) is 0 Å². The number of para-hydroxylation sites is 1. The minimum absolute atomic E-state index is 0.199. The highest BCUT2D eigenvalue weighted by Gasteiger charge is 2.41. The van der Waals surface area contributed by atoms with Crippen molar-refractivity contribution in [2.75, 3.05) is 0 Å². The number of phenols is 1. The predicted molar refractivity (Wildman–Crippen MR) is 47.6 cm³/mol. The smallest absolute Gasteiger partial charge is 0.396 e. The molecule has 82 valence electrons. The summed E-state index contributed by atoms with van der Waals surface area (Å²) >= 11 is 0. The fourth-order valence-electron chi connectivity index (χ4n) is 1.32. The van der Waals surface area contributed by atoms with Crippen LogP contribution in [0.5, 0.6) is 5.75 Å². The third kappa shape index (κ3) is 2.71. The number of benzene rings is 1. The van der Waals surface area contributed by atoms with Crippen LogP contribution >= 0.6 is 0 Å². The van der Waals surface area contributed by atoms with Gasteiger partial charge in [-0.2, -0.15) is 13.2 Å². The molecule has 1 aromatic carbocycles. The Kier molecular flexibility index (Phi) is 3.34. The van der Waals surface area contributed by atoms with E-state index in [0.29, 0.717) is 0 Å². The zero-order valence-corrected chi connectivity index (χ0v) is 7.66. The van der Waals surface area contributed by atoms with Crippen molar-refractivity contribution in [3.63, 3.8) is 0 Å². The third-order valence-electron chi connectivity index (χ3n) is 2.04. The van der Waals surface area contributed by atoms with E-state index < -0.39 is 24.3 Å². The maximum atomic E-state index is 12.5. The van der Waals surface area contributed by atoms with Crippen molar-refractivity contribution in [1.82, 2.24) is 0 Å². The molecule has 1 atom stereocenters. The Hall–Kier alpha value is -1.52. The molecule has 0 aromatic heterocycles. The molecule has 1 N–H and O–H groups in total. The molecule has 0 fully saturated rings. The quantitative estimate of drug-likeness (QED) is 0.792. The first-order valence-corrected chi connectivity index (χ1v) is 4.25. The molecule has 0 radical (unpaired) electrons. The van der Waals surface area contributed by atoms with Crippen LogP contribution < -0.4 is 0 Å². The minimum Gasteiger partial charge on any atom is -0.508 e. The van der Waals surface area contributed by atoms with Crippen molar-refractivity contribution in [1.29, 1.82) is 0 Å². The maximum absolute atomic E-state index is 12.5. The summed E-state index contributed by atoms with van der Waals surface area (Å²) in [7, 11) is 0. The first-order valence-electron chi connectivity index (χ1n) is 4.25. The van der Waals surface area contributed by atoms with Crippen LogP contribution in [0.15, 0.2) is 24.3 Å². The van der Waals surface area contributed by atoms with E-state index in [-0.39, 0.29) is 11.8 Å². The molecule has 1 rings (SSSR count). The Morgan fingerprint density at radius 1 is 1.33 bits per heavy atom. The number of hydrogen-bond donors (Lipinski definition) is 1. The number of carbonyl (C=O) groups is 1. The van der Waals surface area contributed by atoms with Gasteiger partial charge in [-0.15, -0.1) is 0 Å². The van der Waals surface area contributed by atoms with E-state index >= 15 is 0 Å². The van der Waals surface area contributed by atoms with Crippen molar-refractivity contribution in [3.05, 3.63) is 29.8 Å². The van der Waals surface area contributed by atoms with Crippen LogP contribution in [-0.4, -0.2) is 17.6 Å². The highest BCUT2D eigenvalue weighted by atomic mass is 19.4. The van der Waals surface area contributed by atoms with Crippen molar-refractivity contribution in [3.8, 4) is 5.75 Å². The lowest BCUT2D eigenvalue weighted by Crippen LogP contribution is -2.21. The molecule has 2 nitrogen and oxygen atoms in total. The molecule has 0 bridgehead atoms. The second kappa shape index (κ2) is 4.33. The Balaban J connectivity index is 3.10. The molecule has 5 heteroatoms. The van der Waals surface area contributed by atoms with Crippen molar-refractivity contribution in [2.45, 2.75) is 18.5 Å². The van der Waals surface area contributed by atoms with E-state index in [1.807, 2.05) is 0 Å². The van der Waals surface area contributed by atoms with Crippen LogP contribution in [0.2, 0.25) is 0 Å². The number of halogens is 3. The summed E-state index contributed by atoms with van der Waals surface area (Å²) in [6.45, 7) is 0. The van der Waals surface area contributed by atoms with Gasteiger partial charge in [0.15, 0.2) is 0 Å². The highest BCUT2D eigenvalue weighted by Crippen LogP contribution is 2.40. The van der Waals surface area contributed by atoms with Crippen LogP contribution in [0.1, 0.15) is 17.9 Å². The van der Waals surface area contributed by atoms with Gasteiger partial charge in [-0.25, -0.2) is 0 Å². The number of rotatable bonds is 3. The molecule has 0 saturated carbocycles. The van der Waals surface area contributed by atoms with E-state index in [9.17, 15) is 23.1 Å². The second-order valence-electron chi connectivity index (χ2n) is 3.06. The first-order chi connectivity index (χ1) is 6.96. The van der Waals surface area contributed by atoms with Gasteiger partial charge in [0, 0.05) is 12.0 Å². The predicted octanol–water partition coefficient (Wildman–Crippen LogP) is 2.63. The van der Waals surface area contributed by atoms with E-state index in [4.69, 9.17) is 0 Å². The summed E-state index contributed by atoms with van der Waals surface area (Å²) in [4.78, 5) is 10.2. The lowest BCUT2D eigenvalue weighted by molar-refractivity contribution is -0.154. The summed E-state index contributed by atoms with van der Waals surface area (Å²) in [5, 5.41) is 9.25. The molecule has 0 amide bonds.